The molecule has 0 bridgehead atoms. The summed E-state index contributed by atoms with van der Waals surface area (Å²) in [6.45, 7) is 3.13. The Labute approximate surface area is 172 Å². The first-order valence-electron chi connectivity index (χ1n) is 9.20. The summed E-state index contributed by atoms with van der Waals surface area (Å²) in [4.78, 5) is 14.8. The predicted octanol–water partition coefficient (Wildman–Crippen LogP) is 5.44. The van der Waals surface area contributed by atoms with Crippen LogP contribution in [-0.2, 0) is 4.74 Å². The van der Waals surface area contributed by atoms with E-state index in [9.17, 15) is 4.79 Å². The molecule has 0 spiro atoms. The molecular weight excluding hydrogens is 418 g/mol. The Hall–Kier alpha value is -2.63. The van der Waals surface area contributed by atoms with Gasteiger partial charge in [0.25, 0.3) is 0 Å². The third kappa shape index (κ3) is 4.26. The first kappa shape index (κ1) is 18.7. The average molecular weight is 438 g/mol. The van der Waals surface area contributed by atoms with Crippen LogP contribution in [0.2, 0.25) is 0 Å². The van der Waals surface area contributed by atoms with Crippen molar-refractivity contribution in [3.8, 4) is 11.3 Å². The number of ketones is 1. The van der Waals surface area contributed by atoms with Crippen molar-refractivity contribution in [1.29, 1.82) is 0 Å². The molecule has 1 aromatic heterocycles. The number of carbonyl (C=O) groups excluding carboxylic acids is 1. The van der Waals surface area contributed by atoms with E-state index in [2.05, 4.69) is 20.8 Å². The number of anilines is 1. The first-order valence-corrected chi connectivity index (χ1v) is 10.00. The Morgan fingerprint density at radius 2 is 1.82 bits per heavy atom. The lowest BCUT2D eigenvalue weighted by molar-refractivity contribution is 0.104. The van der Waals surface area contributed by atoms with Crippen LogP contribution in [0.5, 0.6) is 0 Å². The second-order valence-electron chi connectivity index (χ2n) is 6.53. The maximum absolute atomic E-state index is 12.6. The largest absolute Gasteiger partial charge is 0.457 e. The summed E-state index contributed by atoms with van der Waals surface area (Å²) in [5, 5.41) is 0. The van der Waals surface area contributed by atoms with E-state index in [-0.39, 0.29) is 5.78 Å². The van der Waals surface area contributed by atoms with Gasteiger partial charge in [0.15, 0.2) is 5.78 Å². The van der Waals surface area contributed by atoms with E-state index in [1.54, 1.807) is 12.2 Å². The number of hydrogen-bond acceptors (Lipinski definition) is 4. The van der Waals surface area contributed by atoms with E-state index in [0.717, 1.165) is 47.8 Å². The lowest BCUT2D eigenvalue weighted by atomic mass is 10.1. The van der Waals surface area contributed by atoms with Gasteiger partial charge in [-0.05, 0) is 42.5 Å². The summed E-state index contributed by atoms with van der Waals surface area (Å²) < 4.78 is 12.2. The Bertz CT molecular complexity index is 1000. The Morgan fingerprint density at radius 1 is 1.00 bits per heavy atom. The quantitative estimate of drug-likeness (QED) is 0.393. The highest BCUT2D eigenvalue weighted by atomic mass is 79.9. The van der Waals surface area contributed by atoms with Gasteiger partial charge in [0, 0.05) is 34.4 Å². The molecule has 4 nitrogen and oxygen atoms in total. The summed E-state index contributed by atoms with van der Waals surface area (Å²) in [6.07, 6.45) is 3.27. The molecule has 1 aliphatic heterocycles. The van der Waals surface area contributed by atoms with Gasteiger partial charge in [-0.2, -0.15) is 0 Å². The van der Waals surface area contributed by atoms with Gasteiger partial charge in [-0.25, -0.2) is 0 Å². The molecule has 5 heteroatoms. The summed E-state index contributed by atoms with van der Waals surface area (Å²) in [5.41, 5.74) is 2.70. The molecule has 28 heavy (non-hydrogen) atoms. The number of nitrogens with zero attached hydrogens (tertiary/aromatic N) is 1. The third-order valence-electron chi connectivity index (χ3n) is 4.67. The molecule has 1 saturated heterocycles. The zero-order valence-electron chi connectivity index (χ0n) is 15.3. The van der Waals surface area contributed by atoms with Gasteiger partial charge in [-0.3, -0.25) is 4.79 Å². The number of halogens is 1. The normalized spacial score (nSPS) is 14.5. The molecule has 0 radical (unpaired) electrons. The molecule has 4 rings (SSSR count). The standard InChI is InChI=1S/C23H20BrNO3/c24-21-7-2-1-6-20(21)23-11-9-19(28-23)8-10-22(26)17-4-3-5-18(16-17)25-12-14-27-15-13-25/h1-11,16H,12-15H2/b10-8+. The monoisotopic (exact) mass is 437 g/mol. The summed E-state index contributed by atoms with van der Waals surface area (Å²) in [5.74, 6) is 1.35. The van der Waals surface area contributed by atoms with E-state index in [1.165, 1.54) is 0 Å². The molecule has 0 N–H and O–H groups in total. The minimum atomic E-state index is -0.0473. The number of furan rings is 1. The van der Waals surface area contributed by atoms with E-state index >= 15 is 0 Å². The fourth-order valence-electron chi connectivity index (χ4n) is 3.18. The zero-order chi connectivity index (χ0) is 19.3. The highest BCUT2D eigenvalue weighted by Crippen LogP contribution is 2.29. The van der Waals surface area contributed by atoms with Crippen LogP contribution in [0.15, 0.2) is 75.6 Å². The number of hydrogen-bond donors (Lipinski definition) is 0. The van der Waals surface area contributed by atoms with Crippen LogP contribution in [0.4, 0.5) is 5.69 Å². The van der Waals surface area contributed by atoms with E-state index in [1.807, 2.05) is 60.7 Å². The molecule has 1 fully saturated rings. The van der Waals surface area contributed by atoms with Crippen molar-refractivity contribution in [2.45, 2.75) is 0 Å². The molecule has 2 aromatic carbocycles. The van der Waals surface area contributed by atoms with Crippen LogP contribution in [0.25, 0.3) is 17.4 Å². The average Bonchev–Trinajstić information content (AvgIpc) is 3.22. The molecule has 0 amide bonds. The Balaban J connectivity index is 1.48. The smallest absolute Gasteiger partial charge is 0.186 e. The van der Waals surface area contributed by atoms with Crippen molar-refractivity contribution in [2.75, 3.05) is 31.2 Å². The molecule has 3 aromatic rings. The van der Waals surface area contributed by atoms with Crippen molar-refractivity contribution < 1.29 is 13.9 Å². The predicted molar refractivity (Wildman–Crippen MR) is 115 cm³/mol. The van der Waals surface area contributed by atoms with E-state index < -0.39 is 0 Å². The minimum Gasteiger partial charge on any atom is -0.457 e. The molecule has 0 aliphatic carbocycles. The molecule has 0 saturated carbocycles. The van der Waals surface area contributed by atoms with Crippen LogP contribution in [0, 0.1) is 0 Å². The summed E-state index contributed by atoms with van der Waals surface area (Å²) >= 11 is 3.53. The summed E-state index contributed by atoms with van der Waals surface area (Å²) in [6, 6.07) is 19.4. The SMILES string of the molecule is O=C(/C=C/c1ccc(-c2ccccc2Br)o1)c1cccc(N2CCOCC2)c1. The van der Waals surface area contributed by atoms with Gasteiger partial charge in [-0.15, -0.1) is 0 Å². The Kier molecular flexibility index (Phi) is 5.74. The fourth-order valence-corrected chi connectivity index (χ4v) is 3.66. The highest BCUT2D eigenvalue weighted by Gasteiger charge is 2.13. The van der Waals surface area contributed by atoms with Gasteiger partial charge in [0.1, 0.15) is 11.5 Å². The van der Waals surface area contributed by atoms with Crippen molar-refractivity contribution in [2.24, 2.45) is 0 Å². The van der Waals surface area contributed by atoms with E-state index in [0.29, 0.717) is 11.3 Å². The van der Waals surface area contributed by atoms with Crippen LogP contribution < -0.4 is 4.90 Å². The number of benzene rings is 2. The van der Waals surface area contributed by atoms with Crippen LogP contribution in [-0.4, -0.2) is 32.1 Å². The first-order chi connectivity index (χ1) is 13.7. The lowest BCUT2D eigenvalue weighted by Gasteiger charge is -2.29. The fraction of sp³-hybridized carbons (Fsp3) is 0.174. The summed E-state index contributed by atoms with van der Waals surface area (Å²) in [7, 11) is 0. The molecular formula is C23H20BrNO3. The molecule has 1 aliphatic rings. The third-order valence-corrected chi connectivity index (χ3v) is 5.36. The van der Waals surface area contributed by atoms with Crippen LogP contribution in [0.3, 0.4) is 0 Å². The van der Waals surface area contributed by atoms with Gasteiger partial charge in [0.2, 0.25) is 0 Å². The number of rotatable bonds is 5. The minimum absolute atomic E-state index is 0.0473. The highest BCUT2D eigenvalue weighted by molar-refractivity contribution is 9.10. The van der Waals surface area contributed by atoms with Crippen molar-refractivity contribution in [3.63, 3.8) is 0 Å². The second-order valence-corrected chi connectivity index (χ2v) is 7.38. The second kappa shape index (κ2) is 8.59. The maximum atomic E-state index is 12.6. The number of carbonyl (C=O) groups is 1. The topological polar surface area (TPSA) is 42.7 Å². The van der Waals surface area contributed by atoms with Crippen molar-refractivity contribution in [3.05, 3.63) is 82.5 Å². The van der Waals surface area contributed by atoms with Gasteiger partial charge >= 0.3 is 0 Å². The van der Waals surface area contributed by atoms with Gasteiger partial charge in [-0.1, -0.05) is 46.3 Å². The van der Waals surface area contributed by atoms with Crippen molar-refractivity contribution in [1.82, 2.24) is 0 Å². The number of morpholine rings is 1. The van der Waals surface area contributed by atoms with Crippen molar-refractivity contribution >= 4 is 33.5 Å². The van der Waals surface area contributed by atoms with Gasteiger partial charge in [0.05, 0.1) is 13.2 Å². The van der Waals surface area contributed by atoms with Crippen LogP contribution in [0.1, 0.15) is 16.1 Å². The maximum Gasteiger partial charge on any atom is 0.186 e. The van der Waals surface area contributed by atoms with Gasteiger partial charge < -0.3 is 14.1 Å². The van der Waals surface area contributed by atoms with E-state index in [4.69, 9.17) is 9.15 Å². The number of ether oxygens (including phenoxy) is 1. The molecule has 142 valence electrons. The molecule has 0 atom stereocenters. The number of allylic oxidation sites excluding steroid dienone is 1. The zero-order valence-corrected chi connectivity index (χ0v) is 16.9. The molecule has 0 unspecified atom stereocenters. The molecule has 2 heterocycles. The Morgan fingerprint density at radius 3 is 2.64 bits per heavy atom. The van der Waals surface area contributed by atoms with Crippen LogP contribution >= 0.6 is 15.9 Å². The lowest BCUT2D eigenvalue weighted by Crippen LogP contribution is -2.36.